The minimum Gasteiger partial charge on any atom is -0.486 e. The van der Waals surface area contributed by atoms with E-state index in [0.717, 1.165) is 5.56 Å². The molecule has 0 unspecified atom stereocenters. The number of H-pyrrole nitrogens is 1. The molecule has 2 N–H and O–H groups in total. The maximum Gasteiger partial charge on any atom is 0.255 e. The van der Waals surface area contributed by atoms with Gasteiger partial charge in [0.15, 0.2) is 11.5 Å². The van der Waals surface area contributed by atoms with Gasteiger partial charge in [0, 0.05) is 18.3 Å². The number of nitrogens with zero attached hydrogens (tertiary/aromatic N) is 1. The quantitative estimate of drug-likeness (QED) is 0.865. The van der Waals surface area contributed by atoms with E-state index < -0.39 is 0 Å². The van der Waals surface area contributed by atoms with Crippen LogP contribution in [0.3, 0.4) is 0 Å². The third-order valence-corrected chi connectivity index (χ3v) is 2.82. The number of aromatic amines is 1. The number of benzene rings is 1. The van der Waals surface area contributed by atoms with Crippen molar-refractivity contribution < 1.29 is 14.3 Å². The molecule has 1 aliphatic heterocycles. The SMILES string of the molecule is O=C(NCc1cn[nH]c1)c1cccc2c1OCCO2. The van der Waals surface area contributed by atoms with Crippen LogP contribution in [-0.4, -0.2) is 29.3 Å². The summed E-state index contributed by atoms with van der Waals surface area (Å²) in [6.45, 7) is 1.38. The molecule has 2 aromatic rings. The first-order chi connectivity index (χ1) is 9.34. The Morgan fingerprint density at radius 3 is 3.11 bits per heavy atom. The van der Waals surface area contributed by atoms with Crippen molar-refractivity contribution in [1.29, 1.82) is 0 Å². The fraction of sp³-hybridized carbons (Fsp3) is 0.231. The third kappa shape index (κ3) is 2.37. The molecule has 6 nitrogen and oxygen atoms in total. The largest absolute Gasteiger partial charge is 0.486 e. The summed E-state index contributed by atoms with van der Waals surface area (Å²) in [7, 11) is 0. The number of carbonyl (C=O) groups is 1. The van der Waals surface area contributed by atoms with E-state index in [1.165, 1.54) is 0 Å². The summed E-state index contributed by atoms with van der Waals surface area (Å²) in [6, 6.07) is 5.29. The summed E-state index contributed by atoms with van der Waals surface area (Å²) >= 11 is 0. The molecule has 0 radical (unpaired) electrons. The minimum atomic E-state index is -0.191. The fourth-order valence-electron chi connectivity index (χ4n) is 1.90. The van der Waals surface area contributed by atoms with Crippen molar-refractivity contribution in [2.24, 2.45) is 0 Å². The zero-order valence-corrected chi connectivity index (χ0v) is 10.2. The van der Waals surface area contributed by atoms with E-state index in [4.69, 9.17) is 9.47 Å². The van der Waals surface area contributed by atoms with Crippen molar-refractivity contribution in [3.63, 3.8) is 0 Å². The van der Waals surface area contributed by atoms with Gasteiger partial charge in [-0.3, -0.25) is 9.89 Å². The molecule has 1 aliphatic rings. The Kier molecular flexibility index (Phi) is 3.06. The highest BCUT2D eigenvalue weighted by molar-refractivity contribution is 5.97. The Morgan fingerprint density at radius 2 is 2.26 bits per heavy atom. The first kappa shape index (κ1) is 11.6. The zero-order valence-electron chi connectivity index (χ0n) is 10.2. The number of aromatic nitrogens is 2. The van der Waals surface area contributed by atoms with Crippen molar-refractivity contribution in [2.75, 3.05) is 13.2 Å². The van der Waals surface area contributed by atoms with Gasteiger partial charge in [-0.2, -0.15) is 5.10 Å². The molecule has 0 spiro atoms. The molecule has 0 saturated carbocycles. The summed E-state index contributed by atoms with van der Waals surface area (Å²) in [5.74, 6) is 0.934. The number of nitrogens with one attached hydrogen (secondary N) is 2. The molecule has 1 aromatic heterocycles. The maximum absolute atomic E-state index is 12.1. The molecule has 98 valence electrons. The standard InChI is InChI=1S/C13H13N3O3/c17-13(14-6-9-7-15-16-8-9)10-2-1-3-11-12(10)19-5-4-18-11/h1-3,7-8H,4-6H2,(H,14,17)(H,15,16). The number of hydrogen-bond donors (Lipinski definition) is 2. The summed E-state index contributed by atoms with van der Waals surface area (Å²) in [6.07, 6.45) is 3.40. The molecule has 0 aliphatic carbocycles. The number of carbonyl (C=O) groups excluding carboxylic acids is 1. The van der Waals surface area contributed by atoms with Crippen LogP contribution in [0.2, 0.25) is 0 Å². The van der Waals surface area contributed by atoms with Gasteiger partial charge in [0.1, 0.15) is 13.2 Å². The molecule has 0 fully saturated rings. The Hall–Kier alpha value is -2.50. The lowest BCUT2D eigenvalue weighted by Gasteiger charge is -2.20. The van der Waals surface area contributed by atoms with Crippen LogP contribution in [0.1, 0.15) is 15.9 Å². The van der Waals surface area contributed by atoms with Gasteiger partial charge in [-0.05, 0) is 12.1 Å². The molecule has 2 heterocycles. The predicted octanol–water partition coefficient (Wildman–Crippen LogP) is 1.11. The lowest BCUT2D eigenvalue weighted by Crippen LogP contribution is -2.25. The van der Waals surface area contributed by atoms with Crippen molar-refractivity contribution in [3.05, 3.63) is 41.7 Å². The van der Waals surface area contributed by atoms with Crippen LogP contribution < -0.4 is 14.8 Å². The topological polar surface area (TPSA) is 76.2 Å². The van der Waals surface area contributed by atoms with Crippen molar-refractivity contribution in [2.45, 2.75) is 6.54 Å². The van der Waals surface area contributed by atoms with Crippen LogP contribution in [0.4, 0.5) is 0 Å². The number of amides is 1. The van der Waals surface area contributed by atoms with E-state index in [0.29, 0.717) is 36.8 Å². The van der Waals surface area contributed by atoms with Crippen LogP contribution >= 0.6 is 0 Å². The molecule has 19 heavy (non-hydrogen) atoms. The lowest BCUT2D eigenvalue weighted by molar-refractivity contribution is 0.0940. The first-order valence-corrected chi connectivity index (χ1v) is 5.99. The Bertz CT molecular complexity index is 581. The van der Waals surface area contributed by atoms with Gasteiger partial charge in [-0.15, -0.1) is 0 Å². The highest BCUT2D eigenvalue weighted by Gasteiger charge is 2.19. The molecule has 0 saturated heterocycles. The maximum atomic E-state index is 12.1. The van der Waals surface area contributed by atoms with Crippen molar-refractivity contribution in [3.8, 4) is 11.5 Å². The summed E-state index contributed by atoms with van der Waals surface area (Å²) in [5.41, 5.74) is 1.40. The Balaban J connectivity index is 1.76. The van der Waals surface area contributed by atoms with Gasteiger partial charge in [0.05, 0.1) is 11.8 Å². The monoisotopic (exact) mass is 259 g/mol. The van der Waals surface area contributed by atoms with E-state index in [2.05, 4.69) is 15.5 Å². The van der Waals surface area contributed by atoms with Crippen molar-refractivity contribution >= 4 is 5.91 Å². The minimum absolute atomic E-state index is 0.191. The van der Waals surface area contributed by atoms with Gasteiger partial charge in [0.2, 0.25) is 0 Å². The van der Waals surface area contributed by atoms with Gasteiger partial charge >= 0.3 is 0 Å². The van der Waals surface area contributed by atoms with Crippen LogP contribution in [-0.2, 0) is 6.54 Å². The van der Waals surface area contributed by atoms with E-state index in [1.54, 1.807) is 30.6 Å². The predicted molar refractivity (Wildman–Crippen MR) is 67.2 cm³/mol. The second-order valence-corrected chi connectivity index (χ2v) is 4.12. The van der Waals surface area contributed by atoms with E-state index in [-0.39, 0.29) is 5.91 Å². The van der Waals surface area contributed by atoms with Crippen LogP contribution in [0, 0.1) is 0 Å². The molecule has 3 rings (SSSR count). The average Bonchev–Trinajstić information content (AvgIpc) is 2.97. The lowest BCUT2D eigenvalue weighted by atomic mass is 10.1. The molecule has 0 bridgehead atoms. The third-order valence-electron chi connectivity index (χ3n) is 2.82. The second-order valence-electron chi connectivity index (χ2n) is 4.12. The molecular weight excluding hydrogens is 246 g/mol. The Labute approximate surface area is 109 Å². The smallest absolute Gasteiger partial charge is 0.255 e. The van der Waals surface area contributed by atoms with Gasteiger partial charge in [0.25, 0.3) is 5.91 Å². The fourth-order valence-corrected chi connectivity index (χ4v) is 1.90. The summed E-state index contributed by atoms with van der Waals surface area (Å²) in [4.78, 5) is 12.1. The summed E-state index contributed by atoms with van der Waals surface area (Å²) < 4.78 is 11.0. The van der Waals surface area contributed by atoms with Crippen LogP contribution in [0.5, 0.6) is 11.5 Å². The van der Waals surface area contributed by atoms with E-state index in [1.807, 2.05) is 0 Å². The normalized spacial score (nSPS) is 13.1. The average molecular weight is 259 g/mol. The Morgan fingerprint density at radius 1 is 1.37 bits per heavy atom. The number of para-hydroxylation sites is 1. The number of hydrogen-bond acceptors (Lipinski definition) is 4. The first-order valence-electron chi connectivity index (χ1n) is 5.99. The second kappa shape index (κ2) is 5.01. The van der Waals surface area contributed by atoms with Crippen LogP contribution in [0.25, 0.3) is 0 Å². The molecule has 0 atom stereocenters. The number of fused-ring (bicyclic) bond motifs is 1. The highest BCUT2D eigenvalue weighted by atomic mass is 16.6. The number of ether oxygens (including phenoxy) is 2. The van der Waals surface area contributed by atoms with E-state index in [9.17, 15) is 4.79 Å². The number of rotatable bonds is 3. The van der Waals surface area contributed by atoms with Crippen LogP contribution in [0.15, 0.2) is 30.6 Å². The molecule has 6 heteroatoms. The van der Waals surface area contributed by atoms with E-state index >= 15 is 0 Å². The molecular formula is C13H13N3O3. The van der Waals surface area contributed by atoms with Gasteiger partial charge < -0.3 is 14.8 Å². The van der Waals surface area contributed by atoms with Gasteiger partial charge in [-0.1, -0.05) is 6.07 Å². The summed E-state index contributed by atoms with van der Waals surface area (Å²) in [5, 5.41) is 9.34. The molecule has 1 amide bonds. The molecule has 1 aromatic carbocycles. The highest BCUT2D eigenvalue weighted by Crippen LogP contribution is 2.33. The zero-order chi connectivity index (χ0) is 13.1. The van der Waals surface area contributed by atoms with Crippen molar-refractivity contribution in [1.82, 2.24) is 15.5 Å². The van der Waals surface area contributed by atoms with Gasteiger partial charge in [-0.25, -0.2) is 0 Å².